The van der Waals surface area contributed by atoms with Gasteiger partial charge >= 0.3 is 0 Å². The van der Waals surface area contributed by atoms with Crippen molar-refractivity contribution < 1.29 is 14.3 Å². The summed E-state index contributed by atoms with van der Waals surface area (Å²) in [6.45, 7) is 2.92. The second kappa shape index (κ2) is 6.45. The van der Waals surface area contributed by atoms with Crippen LogP contribution in [0.3, 0.4) is 0 Å². The molecule has 0 radical (unpaired) electrons. The molecule has 0 aromatic heterocycles. The molecule has 5 heteroatoms. The fraction of sp³-hybridized carbons (Fsp3) is 0.562. The van der Waals surface area contributed by atoms with Gasteiger partial charge in [0.1, 0.15) is 5.75 Å². The SMILES string of the molecule is COc1cccc2c1N(C(=O)CC1COCCN1)CCC2. The van der Waals surface area contributed by atoms with E-state index in [0.29, 0.717) is 13.0 Å². The lowest BCUT2D eigenvalue weighted by atomic mass is 10.00. The molecule has 2 aliphatic heterocycles. The van der Waals surface area contributed by atoms with Crippen molar-refractivity contribution >= 4 is 11.6 Å². The number of rotatable bonds is 3. The first-order valence-corrected chi connectivity index (χ1v) is 7.57. The second-order valence-electron chi connectivity index (χ2n) is 5.55. The molecule has 21 heavy (non-hydrogen) atoms. The van der Waals surface area contributed by atoms with Crippen LogP contribution in [0.1, 0.15) is 18.4 Å². The lowest BCUT2D eigenvalue weighted by Crippen LogP contribution is -2.46. The Labute approximate surface area is 125 Å². The van der Waals surface area contributed by atoms with Gasteiger partial charge in [-0.15, -0.1) is 0 Å². The van der Waals surface area contributed by atoms with Gasteiger partial charge in [0, 0.05) is 25.6 Å². The minimum absolute atomic E-state index is 0.117. The monoisotopic (exact) mass is 290 g/mol. The summed E-state index contributed by atoms with van der Waals surface area (Å²) < 4.78 is 10.9. The average molecular weight is 290 g/mol. The predicted molar refractivity (Wildman–Crippen MR) is 80.9 cm³/mol. The molecule has 114 valence electrons. The van der Waals surface area contributed by atoms with E-state index in [0.717, 1.165) is 44.0 Å². The Bertz CT molecular complexity index is 498. The standard InChI is InChI=1S/C16H22N2O3/c1-20-14-6-2-4-12-5-3-8-18(16(12)14)15(19)10-13-11-21-9-7-17-13/h2,4,6,13,17H,3,5,7-11H2,1H3. The first kappa shape index (κ1) is 14.4. The number of hydrogen-bond donors (Lipinski definition) is 1. The maximum absolute atomic E-state index is 12.7. The molecule has 1 saturated heterocycles. The quantitative estimate of drug-likeness (QED) is 0.913. The van der Waals surface area contributed by atoms with Crippen molar-refractivity contribution in [1.82, 2.24) is 5.32 Å². The summed E-state index contributed by atoms with van der Waals surface area (Å²) in [5, 5.41) is 3.34. The molecule has 1 unspecified atom stereocenters. The van der Waals surface area contributed by atoms with Crippen LogP contribution in [0.5, 0.6) is 5.75 Å². The molecule has 0 spiro atoms. The summed E-state index contributed by atoms with van der Waals surface area (Å²) in [4.78, 5) is 14.6. The van der Waals surface area contributed by atoms with Crippen LogP contribution < -0.4 is 15.0 Å². The van der Waals surface area contributed by atoms with Gasteiger partial charge in [0.2, 0.25) is 5.91 Å². The van der Waals surface area contributed by atoms with E-state index in [1.54, 1.807) is 7.11 Å². The third-order valence-corrected chi connectivity index (χ3v) is 4.12. The fourth-order valence-electron chi connectivity index (χ4n) is 3.10. The van der Waals surface area contributed by atoms with E-state index in [1.807, 2.05) is 17.0 Å². The highest BCUT2D eigenvalue weighted by atomic mass is 16.5. The van der Waals surface area contributed by atoms with E-state index in [2.05, 4.69) is 11.4 Å². The Kier molecular flexibility index (Phi) is 4.41. The van der Waals surface area contributed by atoms with Crippen LogP contribution in [0.2, 0.25) is 0 Å². The lowest BCUT2D eigenvalue weighted by molar-refractivity contribution is -0.119. The zero-order chi connectivity index (χ0) is 14.7. The van der Waals surface area contributed by atoms with Crippen LogP contribution in [0.15, 0.2) is 18.2 Å². The van der Waals surface area contributed by atoms with Gasteiger partial charge < -0.3 is 19.7 Å². The number of methoxy groups -OCH3 is 1. The number of anilines is 1. The smallest absolute Gasteiger partial charge is 0.228 e. The Balaban J connectivity index is 1.79. The van der Waals surface area contributed by atoms with E-state index in [-0.39, 0.29) is 11.9 Å². The van der Waals surface area contributed by atoms with Gasteiger partial charge in [0.05, 0.1) is 26.0 Å². The number of hydrogen-bond acceptors (Lipinski definition) is 4. The number of nitrogens with one attached hydrogen (secondary N) is 1. The topological polar surface area (TPSA) is 50.8 Å². The summed E-state index contributed by atoms with van der Waals surface area (Å²) in [7, 11) is 1.66. The summed E-state index contributed by atoms with van der Waals surface area (Å²) in [6, 6.07) is 6.11. The van der Waals surface area contributed by atoms with E-state index >= 15 is 0 Å². The summed E-state index contributed by atoms with van der Waals surface area (Å²) in [5.41, 5.74) is 2.15. The van der Waals surface area contributed by atoms with Crippen LogP contribution in [0.4, 0.5) is 5.69 Å². The molecular weight excluding hydrogens is 268 g/mol. The normalized spacial score (nSPS) is 21.8. The molecule has 1 atom stereocenters. The van der Waals surface area contributed by atoms with Crippen LogP contribution >= 0.6 is 0 Å². The number of aryl methyl sites for hydroxylation is 1. The Hall–Kier alpha value is -1.59. The summed E-state index contributed by atoms with van der Waals surface area (Å²) in [6.07, 6.45) is 2.47. The van der Waals surface area contributed by atoms with Crippen molar-refractivity contribution in [3.8, 4) is 5.75 Å². The number of para-hydroxylation sites is 1. The molecule has 1 N–H and O–H groups in total. The van der Waals surface area contributed by atoms with Gasteiger partial charge in [-0.1, -0.05) is 12.1 Å². The zero-order valence-corrected chi connectivity index (χ0v) is 12.4. The second-order valence-corrected chi connectivity index (χ2v) is 5.55. The first-order chi connectivity index (χ1) is 10.3. The third-order valence-electron chi connectivity index (χ3n) is 4.12. The van der Waals surface area contributed by atoms with Crippen LogP contribution in [0, 0.1) is 0 Å². The minimum Gasteiger partial charge on any atom is -0.495 e. The van der Waals surface area contributed by atoms with Crippen LogP contribution in [0.25, 0.3) is 0 Å². The number of nitrogens with zero attached hydrogens (tertiary/aromatic N) is 1. The summed E-state index contributed by atoms with van der Waals surface area (Å²) in [5.74, 6) is 0.928. The van der Waals surface area contributed by atoms with Gasteiger partial charge in [-0.05, 0) is 24.5 Å². The maximum Gasteiger partial charge on any atom is 0.228 e. The van der Waals surface area contributed by atoms with Gasteiger partial charge in [0.15, 0.2) is 0 Å². The van der Waals surface area contributed by atoms with Gasteiger partial charge in [-0.25, -0.2) is 0 Å². The van der Waals surface area contributed by atoms with Gasteiger partial charge in [-0.3, -0.25) is 4.79 Å². The third kappa shape index (κ3) is 3.04. The Morgan fingerprint density at radius 1 is 1.52 bits per heavy atom. The molecule has 1 fully saturated rings. The highest BCUT2D eigenvalue weighted by Crippen LogP contribution is 2.36. The molecule has 5 nitrogen and oxygen atoms in total. The van der Waals surface area contributed by atoms with E-state index in [4.69, 9.17) is 9.47 Å². The Morgan fingerprint density at radius 2 is 2.43 bits per heavy atom. The number of carbonyl (C=O) groups excluding carboxylic acids is 1. The number of benzene rings is 1. The molecule has 0 bridgehead atoms. The van der Waals surface area contributed by atoms with Crippen LogP contribution in [-0.2, 0) is 16.0 Å². The molecule has 2 aliphatic rings. The minimum atomic E-state index is 0.117. The van der Waals surface area contributed by atoms with Crippen molar-refractivity contribution in [2.24, 2.45) is 0 Å². The maximum atomic E-state index is 12.7. The van der Waals surface area contributed by atoms with E-state index < -0.39 is 0 Å². The predicted octanol–water partition coefficient (Wildman–Crippen LogP) is 1.35. The molecule has 0 aliphatic carbocycles. The van der Waals surface area contributed by atoms with Crippen molar-refractivity contribution in [2.75, 3.05) is 38.3 Å². The fourth-order valence-corrected chi connectivity index (χ4v) is 3.10. The molecule has 0 saturated carbocycles. The zero-order valence-electron chi connectivity index (χ0n) is 12.4. The summed E-state index contributed by atoms with van der Waals surface area (Å²) >= 11 is 0. The van der Waals surface area contributed by atoms with Crippen molar-refractivity contribution in [1.29, 1.82) is 0 Å². The van der Waals surface area contributed by atoms with Crippen molar-refractivity contribution in [3.63, 3.8) is 0 Å². The number of fused-ring (bicyclic) bond motifs is 1. The highest BCUT2D eigenvalue weighted by molar-refractivity contribution is 5.96. The first-order valence-electron chi connectivity index (χ1n) is 7.57. The van der Waals surface area contributed by atoms with Crippen LogP contribution in [-0.4, -0.2) is 45.4 Å². The average Bonchev–Trinajstić information content (AvgIpc) is 2.54. The van der Waals surface area contributed by atoms with Crippen molar-refractivity contribution in [2.45, 2.75) is 25.3 Å². The van der Waals surface area contributed by atoms with Gasteiger partial charge in [0.25, 0.3) is 0 Å². The van der Waals surface area contributed by atoms with Gasteiger partial charge in [-0.2, -0.15) is 0 Å². The number of ether oxygens (including phenoxy) is 2. The molecular formula is C16H22N2O3. The highest BCUT2D eigenvalue weighted by Gasteiger charge is 2.28. The van der Waals surface area contributed by atoms with E-state index in [9.17, 15) is 4.79 Å². The lowest BCUT2D eigenvalue weighted by Gasteiger charge is -2.32. The molecule has 1 aromatic rings. The van der Waals surface area contributed by atoms with Crippen molar-refractivity contribution in [3.05, 3.63) is 23.8 Å². The van der Waals surface area contributed by atoms with E-state index in [1.165, 1.54) is 5.56 Å². The Morgan fingerprint density at radius 3 is 3.19 bits per heavy atom. The molecule has 1 aromatic carbocycles. The largest absolute Gasteiger partial charge is 0.495 e. The molecule has 3 rings (SSSR count). The molecule has 2 heterocycles. The molecule has 1 amide bonds. The number of morpholine rings is 1. The number of amides is 1. The number of carbonyl (C=O) groups is 1.